The Bertz CT molecular complexity index is 831. The summed E-state index contributed by atoms with van der Waals surface area (Å²) in [6, 6.07) is 3.72. The van der Waals surface area contributed by atoms with Gasteiger partial charge in [0.15, 0.2) is 0 Å². The Labute approximate surface area is 250 Å². The van der Waals surface area contributed by atoms with Crippen molar-refractivity contribution in [2.24, 2.45) is 0 Å². The van der Waals surface area contributed by atoms with E-state index in [9.17, 15) is 13.0 Å². The van der Waals surface area contributed by atoms with Crippen molar-refractivity contribution in [1.29, 1.82) is 0 Å². The molecule has 40 heavy (non-hydrogen) atoms. The van der Waals surface area contributed by atoms with E-state index in [0.717, 1.165) is 44.1 Å². The Morgan fingerprint density at radius 2 is 0.775 bits per heavy atom. The van der Waals surface area contributed by atoms with Crippen molar-refractivity contribution in [3.05, 3.63) is 28.8 Å². The van der Waals surface area contributed by atoms with Gasteiger partial charge in [0.05, 0.1) is 4.90 Å². The third-order valence-electron chi connectivity index (χ3n) is 8.62. The maximum Gasteiger partial charge on any atom is 0.294 e. The van der Waals surface area contributed by atoms with Gasteiger partial charge in [0, 0.05) is 0 Å². The third-order valence-corrected chi connectivity index (χ3v) is 9.56. The van der Waals surface area contributed by atoms with E-state index in [-0.39, 0.29) is 4.90 Å². The van der Waals surface area contributed by atoms with Crippen molar-refractivity contribution in [3.63, 3.8) is 0 Å². The Balaban J connectivity index is 2.84. The second-order valence-electron chi connectivity index (χ2n) is 12.3. The van der Waals surface area contributed by atoms with Gasteiger partial charge in [-0.15, -0.1) is 0 Å². The summed E-state index contributed by atoms with van der Waals surface area (Å²) in [6.45, 7) is 6.78. The molecule has 1 aromatic rings. The Kier molecular flexibility index (Phi) is 22.9. The molecule has 0 atom stereocenters. The zero-order valence-corrected chi connectivity index (χ0v) is 27.7. The normalized spacial score (nSPS) is 11.9. The molecule has 0 aliphatic heterocycles. The first kappa shape index (κ1) is 37.2. The molecule has 0 aliphatic rings. The molecule has 0 radical (unpaired) electrons. The fourth-order valence-corrected chi connectivity index (χ4v) is 6.88. The van der Waals surface area contributed by atoms with Crippen LogP contribution in [-0.4, -0.2) is 13.0 Å². The highest BCUT2D eigenvalue weighted by Gasteiger charge is 2.20. The number of rotatable bonds is 28. The average molecular weight is 579 g/mol. The van der Waals surface area contributed by atoms with Gasteiger partial charge in [0.2, 0.25) is 0 Å². The molecule has 3 nitrogen and oxygen atoms in total. The van der Waals surface area contributed by atoms with Gasteiger partial charge in [-0.3, -0.25) is 4.55 Å². The van der Waals surface area contributed by atoms with E-state index in [1.807, 2.05) is 6.07 Å². The van der Waals surface area contributed by atoms with E-state index < -0.39 is 10.1 Å². The number of hydrogen-bond acceptors (Lipinski definition) is 2. The predicted molar refractivity (Wildman–Crippen MR) is 175 cm³/mol. The average Bonchev–Trinajstić information content (AvgIpc) is 2.93. The Morgan fingerprint density at radius 1 is 0.450 bits per heavy atom. The molecular weight excluding hydrogens is 512 g/mol. The van der Waals surface area contributed by atoms with Crippen LogP contribution in [0.5, 0.6) is 0 Å². The van der Waals surface area contributed by atoms with E-state index >= 15 is 0 Å². The number of aryl methyl sites for hydroxylation is 1. The Hall–Kier alpha value is -0.870. The van der Waals surface area contributed by atoms with Crippen LogP contribution in [0.2, 0.25) is 0 Å². The van der Waals surface area contributed by atoms with Crippen LogP contribution >= 0.6 is 0 Å². The van der Waals surface area contributed by atoms with Crippen molar-refractivity contribution >= 4 is 10.1 Å². The van der Waals surface area contributed by atoms with E-state index in [0.29, 0.717) is 0 Å². The van der Waals surface area contributed by atoms with Crippen LogP contribution in [0.15, 0.2) is 17.0 Å². The maximum absolute atomic E-state index is 12.4. The monoisotopic (exact) mass is 578 g/mol. The van der Waals surface area contributed by atoms with Gasteiger partial charge in [-0.25, -0.2) is 0 Å². The van der Waals surface area contributed by atoms with E-state index in [4.69, 9.17) is 0 Å². The van der Waals surface area contributed by atoms with E-state index in [1.54, 1.807) is 6.07 Å². The van der Waals surface area contributed by atoms with Crippen LogP contribution in [-0.2, 0) is 29.4 Å². The molecule has 0 bridgehead atoms. The molecule has 0 aliphatic carbocycles. The second kappa shape index (κ2) is 24.7. The molecular formula is C36H66O3S. The summed E-state index contributed by atoms with van der Waals surface area (Å²) in [5.41, 5.74) is 3.50. The van der Waals surface area contributed by atoms with Gasteiger partial charge < -0.3 is 0 Å². The van der Waals surface area contributed by atoms with Crippen molar-refractivity contribution in [2.45, 2.75) is 199 Å². The fourth-order valence-electron chi connectivity index (χ4n) is 6.10. The van der Waals surface area contributed by atoms with Crippen molar-refractivity contribution in [2.75, 3.05) is 0 Å². The zero-order chi connectivity index (χ0) is 29.3. The quantitative estimate of drug-likeness (QED) is 0.0794. The lowest BCUT2D eigenvalue weighted by Crippen LogP contribution is -2.10. The zero-order valence-electron chi connectivity index (χ0n) is 26.9. The lowest BCUT2D eigenvalue weighted by molar-refractivity contribution is 0.481. The molecule has 234 valence electrons. The molecule has 1 rings (SSSR count). The first-order valence-corrected chi connectivity index (χ1v) is 19.0. The lowest BCUT2D eigenvalue weighted by atomic mass is 9.90. The van der Waals surface area contributed by atoms with Gasteiger partial charge in [0.1, 0.15) is 0 Å². The fraction of sp³-hybridized carbons (Fsp3) is 0.833. The first-order chi connectivity index (χ1) is 19.5. The summed E-state index contributed by atoms with van der Waals surface area (Å²) in [5.74, 6) is 0. The smallest absolute Gasteiger partial charge is 0.282 e. The van der Waals surface area contributed by atoms with Gasteiger partial charge in [-0.05, 0) is 61.3 Å². The standard InChI is InChI=1S/C36H66O3S/c1-4-7-10-13-16-19-22-25-28-33-31-32-36(40(37,38)39)35(30-27-24-21-18-15-12-9-6-3)34(33)29-26-23-20-17-14-11-8-5-2/h31-32H,4-30H2,1-3H3,(H,37,38,39). The topological polar surface area (TPSA) is 54.4 Å². The highest BCUT2D eigenvalue weighted by Crippen LogP contribution is 2.29. The third kappa shape index (κ3) is 17.8. The minimum atomic E-state index is -4.22. The van der Waals surface area contributed by atoms with Crippen LogP contribution < -0.4 is 0 Å². The first-order valence-electron chi connectivity index (χ1n) is 17.6. The molecule has 4 heteroatoms. The highest BCUT2D eigenvalue weighted by molar-refractivity contribution is 7.85. The molecule has 0 unspecified atom stereocenters. The number of hydrogen-bond donors (Lipinski definition) is 1. The van der Waals surface area contributed by atoms with Gasteiger partial charge in [-0.2, -0.15) is 8.42 Å². The van der Waals surface area contributed by atoms with Crippen LogP contribution in [0.1, 0.15) is 192 Å². The highest BCUT2D eigenvalue weighted by atomic mass is 32.2. The van der Waals surface area contributed by atoms with Crippen LogP contribution in [0.3, 0.4) is 0 Å². The largest absolute Gasteiger partial charge is 0.294 e. The molecule has 0 spiro atoms. The van der Waals surface area contributed by atoms with Crippen LogP contribution in [0.25, 0.3) is 0 Å². The predicted octanol–water partition coefficient (Wildman–Crippen LogP) is 12.0. The second-order valence-corrected chi connectivity index (χ2v) is 13.7. The summed E-state index contributed by atoms with van der Waals surface area (Å²) >= 11 is 0. The summed E-state index contributed by atoms with van der Waals surface area (Å²) in [5, 5.41) is 0. The summed E-state index contributed by atoms with van der Waals surface area (Å²) in [7, 11) is -4.22. The summed E-state index contributed by atoms with van der Waals surface area (Å²) in [4.78, 5) is 0.171. The molecule has 1 aromatic carbocycles. The Morgan fingerprint density at radius 3 is 1.15 bits per heavy atom. The van der Waals surface area contributed by atoms with Crippen molar-refractivity contribution in [3.8, 4) is 0 Å². The molecule has 0 heterocycles. The molecule has 0 saturated heterocycles. The van der Waals surface area contributed by atoms with E-state index in [1.165, 1.54) is 146 Å². The lowest BCUT2D eigenvalue weighted by Gasteiger charge is -2.18. The molecule has 0 saturated carbocycles. The summed E-state index contributed by atoms with van der Waals surface area (Å²) in [6.07, 6.45) is 33.2. The SMILES string of the molecule is CCCCCCCCCCc1ccc(S(=O)(=O)O)c(CCCCCCCCCC)c1CCCCCCCCCC. The summed E-state index contributed by atoms with van der Waals surface area (Å²) < 4.78 is 35.0. The van der Waals surface area contributed by atoms with Gasteiger partial charge in [-0.1, -0.05) is 162 Å². The molecule has 0 fully saturated rings. The molecule has 1 N–H and O–H groups in total. The van der Waals surface area contributed by atoms with E-state index in [2.05, 4.69) is 20.8 Å². The van der Waals surface area contributed by atoms with Crippen LogP contribution in [0.4, 0.5) is 0 Å². The van der Waals surface area contributed by atoms with Gasteiger partial charge >= 0.3 is 0 Å². The maximum atomic E-state index is 12.4. The number of benzene rings is 1. The number of unbranched alkanes of at least 4 members (excludes halogenated alkanes) is 21. The molecule has 0 amide bonds. The van der Waals surface area contributed by atoms with Gasteiger partial charge in [0.25, 0.3) is 10.1 Å². The van der Waals surface area contributed by atoms with Crippen LogP contribution in [0, 0.1) is 0 Å². The molecule has 0 aromatic heterocycles. The minimum Gasteiger partial charge on any atom is -0.282 e. The van der Waals surface area contributed by atoms with Crippen molar-refractivity contribution in [1.82, 2.24) is 0 Å². The minimum absolute atomic E-state index is 0.171. The van der Waals surface area contributed by atoms with Crippen molar-refractivity contribution < 1.29 is 13.0 Å².